The van der Waals surface area contributed by atoms with Crippen molar-refractivity contribution >= 4 is 52.7 Å². The van der Waals surface area contributed by atoms with Crippen molar-refractivity contribution in [2.75, 3.05) is 6.26 Å². The van der Waals surface area contributed by atoms with Crippen molar-refractivity contribution in [2.45, 2.75) is 4.21 Å². The van der Waals surface area contributed by atoms with E-state index in [1.807, 2.05) is 12.3 Å². The largest absolute Gasteiger partial charge is 0.383 e. The number of amidine groups is 1. The molecule has 0 aliphatic heterocycles. The number of hydrogen-bond acceptors (Lipinski definition) is 5. The Kier molecular flexibility index (Phi) is 5.97. The van der Waals surface area contributed by atoms with E-state index in [0.29, 0.717) is 15.6 Å². The highest BCUT2D eigenvalue weighted by atomic mass is 35.5. The Morgan fingerprint density at radius 3 is 2.67 bits per heavy atom. The highest BCUT2D eigenvalue weighted by Crippen LogP contribution is 2.40. The lowest BCUT2D eigenvalue weighted by atomic mass is 10.1. The third kappa shape index (κ3) is 3.61. The molecule has 24 heavy (non-hydrogen) atoms. The summed E-state index contributed by atoms with van der Waals surface area (Å²) in [5.74, 6) is -1.01. The lowest BCUT2D eigenvalue weighted by Crippen LogP contribution is -2.08. The van der Waals surface area contributed by atoms with E-state index in [9.17, 15) is 8.78 Å². The molecule has 0 atom stereocenters. The molecule has 2 heterocycles. The molecule has 3 rings (SSSR count). The zero-order valence-corrected chi connectivity index (χ0v) is 15.6. The van der Waals surface area contributed by atoms with Crippen LogP contribution < -0.4 is 5.73 Å². The third-order valence-electron chi connectivity index (χ3n) is 3.09. The molecule has 0 spiro atoms. The summed E-state index contributed by atoms with van der Waals surface area (Å²) >= 11 is 4.31. The molecule has 0 aliphatic rings. The van der Waals surface area contributed by atoms with Crippen LogP contribution in [0.3, 0.4) is 0 Å². The van der Waals surface area contributed by atoms with Gasteiger partial charge in [0, 0.05) is 16.5 Å². The second kappa shape index (κ2) is 7.60. The minimum Gasteiger partial charge on any atom is -0.383 e. The number of nitrogens with one attached hydrogen (secondary N) is 1. The fourth-order valence-electron chi connectivity index (χ4n) is 2.02. The summed E-state index contributed by atoms with van der Waals surface area (Å²) in [5, 5.41) is 9.93. The predicted molar refractivity (Wildman–Crippen MR) is 101 cm³/mol. The number of hydrogen-bond donors (Lipinski definition) is 2. The molecule has 0 aliphatic carbocycles. The summed E-state index contributed by atoms with van der Waals surface area (Å²) in [6, 6.07) is 5.12. The summed E-state index contributed by atoms with van der Waals surface area (Å²) < 4.78 is 28.2. The maximum Gasteiger partial charge on any atom is 0.133 e. The summed E-state index contributed by atoms with van der Waals surface area (Å²) in [6.07, 6.45) is 1.93. The van der Waals surface area contributed by atoms with Crippen molar-refractivity contribution in [1.29, 1.82) is 5.41 Å². The highest BCUT2D eigenvalue weighted by molar-refractivity contribution is 8.00. The SMILES string of the molecule is CSc1sc(C(=N)N)cc1-c1nc(-c2cc(F)ccc2F)cs1.Cl. The Morgan fingerprint density at radius 2 is 2.00 bits per heavy atom. The van der Waals surface area contributed by atoms with Crippen LogP contribution >= 0.6 is 46.8 Å². The maximum absolute atomic E-state index is 13.9. The van der Waals surface area contributed by atoms with Crippen LogP contribution in [0.25, 0.3) is 21.8 Å². The lowest BCUT2D eigenvalue weighted by molar-refractivity contribution is 0.603. The number of rotatable bonds is 4. The number of thiophene rings is 1. The number of nitrogen functional groups attached to an aromatic ring is 1. The predicted octanol–water partition coefficient (Wildman–Crippen LogP) is 5.24. The van der Waals surface area contributed by atoms with Crippen LogP contribution in [-0.2, 0) is 0 Å². The highest BCUT2D eigenvalue weighted by Gasteiger charge is 2.17. The molecule has 0 saturated heterocycles. The average Bonchev–Trinajstić information content (AvgIpc) is 3.15. The topological polar surface area (TPSA) is 62.8 Å². The molecule has 0 amide bonds. The molecule has 0 bridgehead atoms. The third-order valence-corrected chi connectivity index (χ3v) is 6.27. The second-order valence-electron chi connectivity index (χ2n) is 4.59. The molecular weight excluding hydrogens is 392 g/mol. The average molecular weight is 404 g/mol. The van der Waals surface area contributed by atoms with Gasteiger partial charge in [0.25, 0.3) is 0 Å². The van der Waals surface area contributed by atoms with E-state index in [0.717, 1.165) is 28.0 Å². The smallest absolute Gasteiger partial charge is 0.133 e. The molecule has 3 nitrogen and oxygen atoms in total. The van der Waals surface area contributed by atoms with Crippen molar-refractivity contribution < 1.29 is 8.78 Å². The van der Waals surface area contributed by atoms with Crippen LogP contribution in [0.15, 0.2) is 33.9 Å². The van der Waals surface area contributed by atoms with Crippen molar-refractivity contribution in [3.63, 3.8) is 0 Å². The molecule has 3 N–H and O–H groups in total. The van der Waals surface area contributed by atoms with Gasteiger partial charge in [-0.15, -0.1) is 46.8 Å². The number of benzene rings is 1. The number of thioether (sulfide) groups is 1. The van der Waals surface area contributed by atoms with E-state index in [2.05, 4.69) is 4.98 Å². The van der Waals surface area contributed by atoms with Crippen LogP contribution in [0.4, 0.5) is 8.78 Å². The first-order chi connectivity index (χ1) is 11.0. The van der Waals surface area contributed by atoms with E-state index in [1.165, 1.54) is 34.4 Å². The van der Waals surface area contributed by atoms with Crippen molar-refractivity contribution in [3.8, 4) is 21.8 Å². The Bertz CT molecular complexity index is 892. The molecule has 1 aromatic carbocycles. The standard InChI is InChI=1S/C15H11F2N3S3.ClH/c1-21-15-9(5-12(23-15)13(18)19)14-20-11(6-22-14)8-4-7(16)2-3-10(8)17;/h2-6H,1H3,(H3,18,19);1H. The Hall–Kier alpha value is -1.48. The fraction of sp³-hybridized carbons (Fsp3) is 0.0667. The van der Waals surface area contributed by atoms with Crippen LogP contribution in [0.1, 0.15) is 4.88 Å². The van der Waals surface area contributed by atoms with Gasteiger partial charge in [0.05, 0.1) is 14.8 Å². The van der Waals surface area contributed by atoms with Crippen LogP contribution in [0, 0.1) is 17.0 Å². The number of halogens is 3. The molecule has 0 saturated carbocycles. The van der Waals surface area contributed by atoms with Gasteiger partial charge in [-0.3, -0.25) is 5.41 Å². The summed E-state index contributed by atoms with van der Waals surface area (Å²) in [6.45, 7) is 0. The van der Waals surface area contributed by atoms with Crippen LogP contribution in [-0.4, -0.2) is 17.1 Å². The van der Waals surface area contributed by atoms with Gasteiger partial charge in [-0.05, 0) is 30.5 Å². The molecule has 0 radical (unpaired) electrons. The molecule has 9 heteroatoms. The van der Waals surface area contributed by atoms with Gasteiger partial charge in [-0.25, -0.2) is 13.8 Å². The molecular formula is C15H12ClF2N3S3. The van der Waals surface area contributed by atoms with Gasteiger partial charge >= 0.3 is 0 Å². The minimum absolute atomic E-state index is 0. The Morgan fingerprint density at radius 1 is 1.25 bits per heavy atom. The maximum atomic E-state index is 13.9. The Labute approximate surface area is 155 Å². The number of aromatic nitrogens is 1. The normalized spacial score (nSPS) is 10.5. The molecule has 126 valence electrons. The van der Waals surface area contributed by atoms with E-state index in [4.69, 9.17) is 11.1 Å². The van der Waals surface area contributed by atoms with Gasteiger partial charge in [0.2, 0.25) is 0 Å². The van der Waals surface area contributed by atoms with E-state index < -0.39 is 11.6 Å². The number of thiazole rings is 1. The van der Waals surface area contributed by atoms with E-state index in [-0.39, 0.29) is 23.8 Å². The number of nitrogens with two attached hydrogens (primary N) is 1. The van der Waals surface area contributed by atoms with Crippen LogP contribution in [0.2, 0.25) is 0 Å². The molecule has 0 unspecified atom stereocenters. The zero-order valence-electron chi connectivity index (χ0n) is 12.3. The molecule has 3 aromatic rings. The second-order valence-corrected chi connectivity index (χ2v) is 7.58. The monoisotopic (exact) mass is 403 g/mol. The van der Waals surface area contributed by atoms with E-state index in [1.54, 1.807) is 5.38 Å². The zero-order chi connectivity index (χ0) is 16.6. The van der Waals surface area contributed by atoms with Crippen LogP contribution in [0.5, 0.6) is 0 Å². The first kappa shape index (κ1) is 18.9. The summed E-state index contributed by atoms with van der Waals surface area (Å²) in [7, 11) is 0. The minimum atomic E-state index is -0.511. The van der Waals surface area contributed by atoms with Gasteiger partial charge in [-0.1, -0.05) is 0 Å². The Balaban J connectivity index is 0.00000208. The first-order valence-corrected chi connectivity index (χ1v) is 9.35. The van der Waals surface area contributed by atoms with Gasteiger partial charge in [0.15, 0.2) is 0 Å². The van der Waals surface area contributed by atoms with Crippen molar-refractivity contribution in [3.05, 3.63) is 46.2 Å². The summed E-state index contributed by atoms with van der Waals surface area (Å²) in [5.41, 5.74) is 6.93. The molecule has 0 fully saturated rings. The van der Waals surface area contributed by atoms with Crippen molar-refractivity contribution in [1.82, 2.24) is 4.98 Å². The molecule has 2 aromatic heterocycles. The number of nitrogens with zero attached hydrogens (tertiary/aromatic N) is 1. The van der Waals surface area contributed by atoms with Gasteiger partial charge in [-0.2, -0.15) is 0 Å². The van der Waals surface area contributed by atoms with Gasteiger partial charge in [0.1, 0.15) is 22.5 Å². The first-order valence-electron chi connectivity index (χ1n) is 6.43. The van der Waals surface area contributed by atoms with E-state index >= 15 is 0 Å². The fourth-order valence-corrected chi connectivity index (χ4v) is 4.72. The summed E-state index contributed by atoms with van der Waals surface area (Å²) in [4.78, 5) is 5.09. The quantitative estimate of drug-likeness (QED) is 0.355. The van der Waals surface area contributed by atoms with Crippen molar-refractivity contribution in [2.24, 2.45) is 5.73 Å². The van der Waals surface area contributed by atoms with Gasteiger partial charge < -0.3 is 5.73 Å². The lowest BCUT2D eigenvalue weighted by Gasteiger charge is -1.99.